The van der Waals surface area contributed by atoms with Gasteiger partial charge in [-0.25, -0.2) is 0 Å². The highest BCUT2D eigenvalue weighted by Gasteiger charge is 2.49. The number of nitrogens with zero attached hydrogens (tertiary/aromatic N) is 1. The van der Waals surface area contributed by atoms with E-state index in [9.17, 15) is 4.79 Å². The number of hydrogen-bond donors (Lipinski definition) is 3. The molecule has 172 valence electrons. The quantitative estimate of drug-likeness (QED) is 0.578. The van der Waals surface area contributed by atoms with Crippen LogP contribution in [0.4, 0.5) is 0 Å². The van der Waals surface area contributed by atoms with Crippen molar-refractivity contribution in [3.8, 4) is 0 Å². The van der Waals surface area contributed by atoms with Crippen LogP contribution in [0.1, 0.15) is 109 Å². The van der Waals surface area contributed by atoms with Crippen molar-refractivity contribution in [3.63, 3.8) is 0 Å². The van der Waals surface area contributed by atoms with E-state index in [1.807, 2.05) is 7.05 Å². The number of carbonyl (C=O) groups excluding carboxylic acids is 1. The Labute approximate surface area is 184 Å². The zero-order valence-corrected chi connectivity index (χ0v) is 19.3. The molecule has 0 bridgehead atoms. The molecule has 4 atom stereocenters. The van der Waals surface area contributed by atoms with Crippen LogP contribution in [0.2, 0.25) is 0 Å². The first kappa shape index (κ1) is 22.5. The van der Waals surface area contributed by atoms with Crippen LogP contribution in [0.15, 0.2) is 0 Å². The highest BCUT2D eigenvalue weighted by Crippen LogP contribution is 2.39. The maximum atomic E-state index is 13.4. The molecular formula is C25H46N4O. The molecule has 0 aromatic carbocycles. The van der Waals surface area contributed by atoms with Crippen molar-refractivity contribution >= 4 is 5.91 Å². The fraction of sp³-hybridized carbons (Fsp3) is 0.960. The average molecular weight is 419 g/mol. The van der Waals surface area contributed by atoms with Crippen LogP contribution >= 0.6 is 0 Å². The smallest absolute Gasteiger partial charge is 0.244 e. The summed E-state index contributed by atoms with van der Waals surface area (Å²) in [6.07, 6.45) is 21.6. The molecule has 5 heteroatoms. The van der Waals surface area contributed by atoms with Gasteiger partial charge in [0, 0.05) is 19.1 Å². The van der Waals surface area contributed by atoms with Gasteiger partial charge in [0.2, 0.25) is 5.91 Å². The van der Waals surface area contributed by atoms with Crippen molar-refractivity contribution in [1.82, 2.24) is 15.5 Å². The summed E-state index contributed by atoms with van der Waals surface area (Å²) in [7, 11) is 1.87. The molecule has 4 rings (SSSR count). The van der Waals surface area contributed by atoms with Gasteiger partial charge in [-0.1, -0.05) is 64.2 Å². The first-order valence-corrected chi connectivity index (χ1v) is 13.1. The van der Waals surface area contributed by atoms with E-state index in [1.165, 1.54) is 96.3 Å². The lowest BCUT2D eigenvalue weighted by Crippen LogP contribution is -2.52. The Bertz CT molecular complexity index is 557. The number of likely N-dealkylation sites (N-methyl/N-ethyl adjacent to an activating group) is 1. The van der Waals surface area contributed by atoms with Crippen molar-refractivity contribution in [2.24, 2.45) is 17.6 Å². The summed E-state index contributed by atoms with van der Waals surface area (Å²) in [5.41, 5.74) is 5.86. The van der Waals surface area contributed by atoms with Crippen molar-refractivity contribution < 1.29 is 4.79 Å². The van der Waals surface area contributed by atoms with Crippen LogP contribution in [0.25, 0.3) is 0 Å². The zero-order valence-electron chi connectivity index (χ0n) is 19.3. The predicted molar refractivity (Wildman–Crippen MR) is 123 cm³/mol. The van der Waals surface area contributed by atoms with Gasteiger partial charge < -0.3 is 10.2 Å². The molecule has 3 saturated carbocycles. The second kappa shape index (κ2) is 10.3. The molecule has 1 saturated heterocycles. The number of rotatable bonds is 7. The molecule has 4 fully saturated rings. The Kier molecular flexibility index (Phi) is 7.75. The lowest BCUT2D eigenvalue weighted by atomic mass is 9.74. The van der Waals surface area contributed by atoms with Crippen LogP contribution in [0.3, 0.4) is 0 Å². The molecule has 4 N–H and O–H groups in total. The molecule has 0 aromatic rings. The SMILES string of the molecule is CN1C(=O)[C@@](CCC2CCCCC2)(C[C@H]2CCC[C@@H](NC3CCCCC3)C2)NC1N. The van der Waals surface area contributed by atoms with E-state index < -0.39 is 5.54 Å². The van der Waals surface area contributed by atoms with Crippen LogP contribution in [0.5, 0.6) is 0 Å². The fourth-order valence-electron chi connectivity index (χ4n) is 6.98. The molecule has 30 heavy (non-hydrogen) atoms. The van der Waals surface area contributed by atoms with Gasteiger partial charge in [-0.05, 0) is 56.8 Å². The summed E-state index contributed by atoms with van der Waals surface area (Å²) in [5.74, 6) is 1.67. The first-order valence-electron chi connectivity index (χ1n) is 13.1. The first-order chi connectivity index (χ1) is 14.6. The third kappa shape index (κ3) is 5.39. The van der Waals surface area contributed by atoms with E-state index >= 15 is 0 Å². The summed E-state index contributed by atoms with van der Waals surface area (Å²) in [4.78, 5) is 15.1. The number of carbonyl (C=O) groups is 1. The van der Waals surface area contributed by atoms with Crippen LogP contribution < -0.4 is 16.4 Å². The Morgan fingerprint density at radius 2 is 1.57 bits per heavy atom. The molecular weight excluding hydrogens is 372 g/mol. The van der Waals surface area contributed by atoms with Gasteiger partial charge in [-0.2, -0.15) is 0 Å². The van der Waals surface area contributed by atoms with E-state index in [2.05, 4.69) is 10.6 Å². The Hall–Kier alpha value is -0.650. The molecule has 1 unspecified atom stereocenters. The van der Waals surface area contributed by atoms with Gasteiger partial charge >= 0.3 is 0 Å². The minimum atomic E-state index is -0.428. The summed E-state index contributed by atoms with van der Waals surface area (Å²) in [6, 6.07) is 1.37. The molecule has 0 aromatic heterocycles. The van der Waals surface area contributed by atoms with E-state index in [4.69, 9.17) is 5.73 Å². The minimum Gasteiger partial charge on any atom is -0.316 e. The van der Waals surface area contributed by atoms with Crippen molar-refractivity contribution in [2.45, 2.75) is 133 Å². The molecule has 5 nitrogen and oxygen atoms in total. The van der Waals surface area contributed by atoms with Crippen molar-refractivity contribution in [3.05, 3.63) is 0 Å². The number of hydrogen-bond acceptors (Lipinski definition) is 4. The Balaban J connectivity index is 1.37. The van der Waals surface area contributed by atoms with Gasteiger partial charge in [0.25, 0.3) is 0 Å². The average Bonchev–Trinajstić information content (AvgIpc) is 2.98. The highest BCUT2D eigenvalue weighted by atomic mass is 16.2. The van der Waals surface area contributed by atoms with Crippen molar-refractivity contribution in [1.29, 1.82) is 0 Å². The summed E-state index contributed by atoms with van der Waals surface area (Å²) in [6.45, 7) is 0. The molecule has 4 aliphatic rings. The highest BCUT2D eigenvalue weighted by molar-refractivity contribution is 5.88. The second-order valence-corrected chi connectivity index (χ2v) is 11.1. The van der Waals surface area contributed by atoms with Gasteiger partial charge in [-0.15, -0.1) is 0 Å². The van der Waals surface area contributed by atoms with Crippen LogP contribution in [0, 0.1) is 11.8 Å². The molecule has 1 aliphatic heterocycles. The van der Waals surface area contributed by atoms with Gasteiger partial charge in [-0.3, -0.25) is 15.8 Å². The normalized spacial score (nSPS) is 37.1. The van der Waals surface area contributed by atoms with Crippen LogP contribution in [-0.2, 0) is 4.79 Å². The molecule has 1 heterocycles. The second-order valence-electron chi connectivity index (χ2n) is 11.1. The summed E-state index contributed by atoms with van der Waals surface area (Å²) in [5, 5.41) is 7.58. The lowest BCUT2D eigenvalue weighted by Gasteiger charge is -2.38. The third-order valence-corrected chi connectivity index (χ3v) is 8.77. The van der Waals surface area contributed by atoms with Crippen molar-refractivity contribution in [2.75, 3.05) is 7.05 Å². The predicted octanol–water partition coefficient (Wildman–Crippen LogP) is 4.26. The maximum Gasteiger partial charge on any atom is 0.244 e. The Morgan fingerprint density at radius 3 is 2.23 bits per heavy atom. The molecule has 0 radical (unpaired) electrons. The van der Waals surface area contributed by atoms with Gasteiger partial charge in [0.05, 0.1) is 0 Å². The van der Waals surface area contributed by atoms with Crippen LogP contribution in [-0.4, -0.2) is 41.8 Å². The van der Waals surface area contributed by atoms with Gasteiger partial charge in [0.1, 0.15) is 11.8 Å². The molecule has 3 aliphatic carbocycles. The standard InChI is InChI=1S/C25H46N4O/c1-29-23(30)25(28-24(29)26,16-15-19-9-4-2-5-10-19)18-20-11-8-14-22(17-20)27-21-12-6-3-7-13-21/h19-22,24,27-28H,2-18,26H2,1H3/t20-,22+,24?,25+/m0/s1. The number of amides is 1. The van der Waals surface area contributed by atoms with Gasteiger partial charge in [0.15, 0.2) is 0 Å². The fourth-order valence-corrected chi connectivity index (χ4v) is 6.98. The Morgan fingerprint density at radius 1 is 0.933 bits per heavy atom. The number of nitrogens with two attached hydrogens (primary N) is 1. The van der Waals surface area contributed by atoms with E-state index in [0.29, 0.717) is 12.0 Å². The lowest BCUT2D eigenvalue weighted by molar-refractivity contribution is -0.133. The van der Waals surface area contributed by atoms with E-state index in [0.717, 1.165) is 24.8 Å². The monoisotopic (exact) mass is 418 g/mol. The minimum absolute atomic E-state index is 0.244. The van der Waals surface area contributed by atoms with E-state index in [-0.39, 0.29) is 12.2 Å². The molecule has 1 amide bonds. The number of nitrogens with one attached hydrogen (secondary N) is 2. The topological polar surface area (TPSA) is 70.4 Å². The summed E-state index contributed by atoms with van der Waals surface area (Å²) >= 11 is 0. The largest absolute Gasteiger partial charge is 0.316 e. The zero-order chi connectivity index (χ0) is 21.0. The maximum absolute atomic E-state index is 13.4. The molecule has 0 spiro atoms. The third-order valence-electron chi connectivity index (χ3n) is 8.77. The van der Waals surface area contributed by atoms with E-state index in [1.54, 1.807) is 4.90 Å². The summed E-state index contributed by atoms with van der Waals surface area (Å²) < 4.78 is 0.